The van der Waals surface area contributed by atoms with Crippen molar-refractivity contribution in [3.63, 3.8) is 0 Å². The number of hydrogen-bond acceptors (Lipinski definition) is 5. The Morgan fingerprint density at radius 2 is 1.96 bits per heavy atom. The SMILES string of the molecule is C=CC[C@@H]1O[C@@H](C[C@@H](O)[C@@H](OCOC)[C@H](C)CO[Si](C)(C)C(C)(C)C)C[C@@H]1C. The summed E-state index contributed by atoms with van der Waals surface area (Å²) < 4.78 is 23.5. The van der Waals surface area contributed by atoms with E-state index in [0.29, 0.717) is 18.9 Å². The highest BCUT2D eigenvalue weighted by atomic mass is 28.4. The fraction of sp³-hybridized carbons (Fsp3) is 0.909. The Morgan fingerprint density at radius 3 is 2.50 bits per heavy atom. The van der Waals surface area contributed by atoms with Gasteiger partial charge in [-0.1, -0.05) is 40.7 Å². The summed E-state index contributed by atoms with van der Waals surface area (Å²) in [5.74, 6) is 0.537. The largest absolute Gasteiger partial charge is 0.416 e. The van der Waals surface area contributed by atoms with E-state index in [9.17, 15) is 5.11 Å². The van der Waals surface area contributed by atoms with Crippen molar-refractivity contribution >= 4 is 8.32 Å². The van der Waals surface area contributed by atoms with Gasteiger partial charge < -0.3 is 23.7 Å². The van der Waals surface area contributed by atoms with Crippen LogP contribution in [0.5, 0.6) is 0 Å². The van der Waals surface area contributed by atoms with Gasteiger partial charge in [-0.05, 0) is 36.9 Å². The number of ether oxygens (including phenoxy) is 3. The van der Waals surface area contributed by atoms with Gasteiger partial charge in [0.1, 0.15) is 6.79 Å². The third-order valence-corrected chi connectivity index (χ3v) is 10.9. The summed E-state index contributed by atoms with van der Waals surface area (Å²) in [6.45, 7) is 20.0. The minimum Gasteiger partial charge on any atom is -0.416 e. The van der Waals surface area contributed by atoms with Crippen molar-refractivity contribution in [2.24, 2.45) is 11.8 Å². The van der Waals surface area contributed by atoms with Crippen LogP contribution in [-0.4, -0.2) is 58.3 Å². The van der Waals surface area contributed by atoms with Gasteiger partial charge in [0.25, 0.3) is 0 Å². The van der Waals surface area contributed by atoms with Crippen LogP contribution in [0.1, 0.15) is 53.9 Å². The van der Waals surface area contributed by atoms with E-state index >= 15 is 0 Å². The molecule has 0 aromatic heterocycles. The lowest BCUT2D eigenvalue weighted by Gasteiger charge is -2.38. The van der Waals surface area contributed by atoms with Gasteiger partial charge in [-0.15, -0.1) is 6.58 Å². The minimum absolute atomic E-state index is 0.0529. The fourth-order valence-corrected chi connectivity index (χ4v) is 4.58. The molecule has 166 valence electrons. The van der Waals surface area contributed by atoms with Crippen LogP contribution in [0, 0.1) is 11.8 Å². The molecular weight excluding hydrogens is 372 g/mol. The van der Waals surface area contributed by atoms with Crippen molar-refractivity contribution in [2.45, 2.75) is 96.4 Å². The molecule has 0 amide bonds. The second kappa shape index (κ2) is 11.2. The lowest BCUT2D eigenvalue weighted by Crippen LogP contribution is -2.45. The molecule has 6 heteroatoms. The molecule has 0 unspecified atom stereocenters. The van der Waals surface area contributed by atoms with Crippen molar-refractivity contribution in [3.05, 3.63) is 12.7 Å². The summed E-state index contributed by atoms with van der Waals surface area (Å²) in [6, 6.07) is 0. The first kappa shape index (κ1) is 25.8. The molecule has 0 spiro atoms. The van der Waals surface area contributed by atoms with E-state index in [4.69, 9.17) is 18.6 Å². The zero-order chi connectivity index (χ0) is 21.5. The number of aliphatic hydroxyl groups is 1. The Balaban J connectivity index is 2.68. The van der Waals surface area contributed by atoms with Crippen LogP contribution in [0.4, 0.5) is 0 Å². The highest BCUT2D eigenvalue weighted by Crippen LogP contribution is 2.37. The molecule has 1 rings (SSSR count). The standard InChI is InChI=1S/C22H44O5Si/c1-10-11-20-16(2)12-18(27-20)13-19(23)21(25-15-24-7)17(3)14-26-28(8,9)22(4,5)6/h10,16-21,23H,1,11-15H2,2-9H3/t16-,17+,18+,19+,20-,21-/m0/s1. The summed E-state index contributed by atoms with van der Waals surface area (Å²) in [4.78, 5) is 0. The first-order chi connectivity index (χ1) is 12.9. The van der Waals surface area contributed by atoms with Gasteiger partial charge in [-0.2, -0.15) is 0 Å². The maximum Gasteiger partial charge on any atom is 0.191 e. The van der Waals surface area contributed by atoms with E-state index in [-0.39, 0.29) is 36.1 Å². The van der Waals surface area contributed by atoms with Gasteiger partial charge >= 0.3 is 0 Å². The van der Waals surface area contributed by atoms with E-state index in [1.54, 1.807) is 7.11 Å². The van der Waals surface area contributed by atoms with Crippen LogP contribution in [0.3, 0.4) is 0 Å². The maximum atomic E-state index is 10.9. The van der Waals surface area contributed by atoms with Crippen molar-refractivity contribution in [1.29, 1.82) is 0 Å². The summed E-state index contributed by atoms with van der Waals surface area (Å²) in [5, 5.41) is 11.1. The molecule has 0 saturated carbocycles. The van der Waals surface area contributed by atoms with Gasteiger partial charge in [0.2, 0.25) is 0 Å². The number of hydrogen-bond donors (Lipinski definition) is 1. The molecular formula is C22H44O5Si. The normalized spacial score (nSPS) is 26.8. The van der Waals surface area contributed by atoms with E-state index < -0.39 is 14.4 Å². The Hall–Kier alpha value is -0.243. The van der Waals surface area contributed by atoms with Crippen molar-refractivity contribution in [3.8, 4) is 0 Å². The van der Waals surface area contributed by atoms with Crippen LogP contribution < -0.4 is 0 Å². The van der Waals surface area contributed by atoms with Crippen LogP contribution >= 0.6 is 0 Å². The second-order valence-electron chi connectivity index (χ2n) is 9.92. The first-order valence-corrected chi connectivity index (χ1v) is 13.5. The highest BCUT2D eigenvalue weighted by Gasteiger charge is 2.39. The summed E-state index contributed by atoms with van der Waals surface area (Å²) >= 11 is 0. The molecule has 0 bridgehead atoms. The monoisotopic (exact) mass is 416 g/mol. The average Bonchev–Trinajstić information content (AvgIpc) is 2.92. The van der Waals surface area contributed by atoms with Crippen molar-refractivity contribution in [1.82, 2.24) is 0 Å². The summed E-state index contributed by atoms with van der Waals surface area (Å²) in [6.07, 6.45) is 3.58. The summed E-state index contributed by atoms with van der Waals surface area (Å²) in [5.41, 5.74) is 0. The quantitative estimate of drug-likeness (QED) is 0.282. The van der Waals surface area contributed by atoms with Crippen LogP contribution in [-0.2, 0) is 18.6 Å². The molecule has 28 heavy (non-hydrogen) atoms. The third kappa shape index (κ3) is 7.54. The van der Waals surface area contributed by atoms with Crippen LogP contribution in [0.25, 0.3) is 0 Å². The van der Waals surface area contributed by atoms with E-state index in [1.165, 1.54) is 0 Å². The smallest absolute Gasteiger partial charge is 0.191 e. The lowest BCUT2D eigenvalue weighted by atomic mass is 9.93. The minimum atomic E-state index is -1.85. The fourth-order valence-electron chi connectivity index (χ4n) is 3.46. The highest BCUT2D eigenvalue weighted by molar-refractivity contribution is 6.74. The van der Waals surface area contributed by atoms with Gasteiger partial charge in [-0.3, -0.25) is 0 Å². The Kier molecular flexibility index (Phi) is 10.3. The Morgan fingerprint density at radius 1 is 1.32 bits per heavy atom. The molecule has 5 nitrogen and oxygen atoms in total. The van der Waals surface area contributed by atoms with Gasteiger partial charge in [0.05, 0.1) is 24.4 Å². The molecule has 0 aromatic carbocycles. The molecule has 0 aliphatic carbocycles. The average molecular weight is 417 g/mol. The Labute approximate surface area is 173 Å². The van der Waals surface area contributed by atoms with Gasteiger partial charge in [0.15, 0.2) is 8.32 Å². The number of rotatable bonds is 12. The zero-order valence-corrected chi connectivity index (χ0v) is 20.4. The molecule has 6 atom stereocenters. The van der Waals surface area contributed by atoms with Gasteiger partial charge in [0, 0.05) is 26.1 Å². The first-order valence-electron chi connectivity index (χ1n) is 10.6. The van der Waals surface area contributed by atoms with E-state index in [1.807, 2.05) is 6.08 Å². The Bertz CT molecular complexity index is 462. The van der Waals surface area contributed by atoms with E-state index in [0.717, 1.165) is 12.8 Å². The summed E-state index contributed by atoms with van der Waals surface area (Å²) in [7, 11) is -0.246. The maximum absolute atomic E-state index is 10.9. The predicted octanol–water partition coefficient (Wildman–Crippen LogP) is 4.75. The van der Waals surface area contributed by atoms with Crippen LogP contribution in [0.15, 0.2) is 12.7 Å². The molecule has 0 aromatic rings. The van der Waals surface area contributed by atoms with Crippen molar-refractivity contribution in [2.75, 3.05) is 20.5 Å². The van der Waals surface area contributed by atoms with Gasteiger partial charge in [-0.25, -0.2) is 0 Å². The molecule has 1 aliphatic heterocycles. The molecule has 1 aliphatic rings. The lowest BCUT2D eigenvalue weighted by molar-refractivity contribution is -0.143. The second-order valence-corrected chi connectivity index (χ2v) is 14.7. The third-order valence-electron chi connectivity index (χ3n) is 6.37. The molecule has 0 radical (unpaired) electrons. The zero-order valence-electron chi connectivity index (χ0n) is 19.4. The molecule has 1 N–H and O–H groups in total. The number of methoxy groups -OCH3 is 1. The van der Waals surface area contributed by atoms with E-state index in [2.05, 4.69) is 54.3 Å². The number of aliphatic hydroxyl groups excluding tert-OH is 1. The van der Waals surface area contributed by atoms with Crippen LogP contribution in [0.2, 0.25) is 18.1 Å². The predicted molar refractivity (Wildman–Crippen MR) is 117 cm³/mol. The molecule has 1 fully saturated rings. The topological polar surface area (TPSA) is 57.2 Å². The van der Waals surface area contributed by atoms with Crippen molar-refractivity contribution < 1.29 is 23.7 Å². The molecule has 1 heterocycles. The molecule has 1 saturated heterocycles.